The molecule has 1 saturated heterocycles. The second-order valence-corrected chi connectivity index (χ2v) is 19.4. The number of amides is 1. The Morgan fingerprint density at radius 2 is 1.78 bits per heavy atom. The summed E-state index contributed by atoms with van der Waals surface area (Å²) in [5, 5.41) is 1.03. The van der Waals surface area contributed by atoms with Crippen LogP contribution in [0.2, 0.25) is 18.1 Å². The van der Waals surface area contributed by atoms with E-state index in [-0.39, 0.29) is 35.4 Å². The highest BCUT2D eigenvalue weighted by Crippen LogP contribution is 2.53. The molecule has 2 aromatic carbocycles. The van der Waals surface area contributed by atoms with E-state index in [1.807, 2.05) is 18.2 Å². The van der Waals surface area contributed by atoms with Crippen molar-refractivity contribution in [3.05, 3.63) is 69.1 Å². The Hall–Kier alpha value is -3.33. The first kappa shape index (κ1) is 35.5. The number of ketones is 1. The number of sulfonamides is 1. The third kappa shape index (κ3) is 5.95. The van der Waals surface area contributed by atoms with Crippen LogP contribution in [0.1, 0.15) is 40.2 Å². The van der Waals surface area contributed by atoms with Gasteiger partial charge in [0.15, 0.2) is 8.32 Å². The molecule has 46 heavy (non-hydrogen) atoms. The lowest BCUT2D eigenvalue weighted by molar-refractivity contribution is -0.157. The number of hydrogen-bond acceptors (Lipinski definition) is 10. The molecule has 0 N–H and O–H groups in total. The number of hydrogen-bond donors (Lipinski definition) is 0. The summed E-state index contributed by atoms with van der Waals surface area (Å²) in [4.78, 5) is 54.6. The number of carbonyl (C=O) groups excluding carboxylic acids is 3. The molecule has 0 aromatic heterocycles. The summed E-state index contributed by atoms with van der Waals surface area (Å²) < 4.78 is 41.1. The highest BCUT2D eigenvalue weighted by molar-refractivity contribution is 8.04. The maximum absolute atomic E-state index is 14.0. The molecule has 11 nitrogen and oxygen atoms in total. The van der Waals surface area contributed by atoms with Gasteiger partial charge in [0.1, 0.15) is 18.1 Å². The zero-order valence-electron chi connectivity index (χ0n) is 26.7. The summed E-state index contributed by atoms with van der Waals surface area (Å²) in [7, 11) is -5.72. The van der Waals surface area contributed by atoms with Gasteiger partial charge in [-0.1, -0.05) is 70.3 Å². The standard InChI is InChI=1S/C32H40N2O7S2Si.O2/c1-7-17-40-32(37)29-25(42-31-27(20(5)21(6)35)30(36)34(29)31)19-33-24-13-11-12-23-22(14-15-26(28(23)24)43(33,38)39)16-18-41-44(8-2,9-3)10-4;1-2/h7,11-15,20,27,31H,1,8-10,16-19H2,2-6H3;. The Morgan fingerprint density at radius 3 is 2.39 bits per heavy atom. The molecule has 0 aliphatic carbocycles. The number of Topliss-reactive ketones (excluding diaryl/α,β-unsaturated/α-hetero) is 1. The minimum atomic E-state index is -3.96. The minimum Gasteiger partial charge on any atom is -0.457 e. The van der Waals surface area contributed by atoms with Gasteiger partial charge < -0.3 is 9.16 Å². The molecule has 0 spiro atoms. The average molecular weight is 689 g/mol. The van der Waals surface area contributed by atoms with Crippen LogP contribution < -0.4 is 4.31 Å². The van der Waals surface area contributed by atoms with Gasteiger partial charge in [0.25, 0.3) is 10.0 Å². The van der Waals surface area contributed by atoms with E-state index in [4.69, 9.17) is 19.1 Å². The lowest BCUT2D eigenvalue weighted by atomic mass is 9.83. The number of esters is 1. The molecule has 0 bridgehead atoms. The monoisotopic (exact) mass is 688 g/mol. The molecule has 3 aliphatic rings. The quantitative estimate of drug-likeness (QED) is 0.105. The number of carbonyl (C=O) groups is 3. The van der Waals surface area contributed by atoms with Gasteiger partial charge >= 0.3 is 5.97 Å². The van der Waals surface area contributed by atoms with E-state index in [0.717, 1.165) is 29.1 Å². The van der Waals surface area contributed by atoms with Crippen LogP contribution in [0.3, 0.4) is 0 Å². The normalized spacial score (nSPS) is 20.2. The molecule has 3 heterocycles. The van der Waals surface area contributed by atoms with Gasteiger partial charge in [0, 0.05) is 32.7 Å². The fourth-order valence-corrected chi connectivity index (χ4v) is 12.5. The summed E-state index contributed by atoms with van der Waals surface area (Å²) in [5.74, 6) is -2.32. The molecular weight excluding hydrogens is 649 g/mol. The maximum atomic E-state index is 14.0. The number of rotatable bonds is 14. The van der Waals surface area contributed by atoms with Gasteiger partial charge in [-0.2, -0.15) is 0 Å². The van der Waals surface area contributed by atoms with E-state index < -0.39 is 41.5 Å². The van der Waals surface area contributed by atoms with Crippen molar-refractivity contribution < 1.29 is 32.0 Å². The minimum absolute atomic E-state index is 0.0328. The fourth-order valence-electron chi connectivity index (χ4n) is 6.47. The number of thioether (sulfide) groups is 1. The van der Waals surface area contributed by atoms with Crippen molar-refractivity contribution in [3.63, 3.8) is 0 Å². The van der Waals surface area contributed by atoms with Gasteiger partial charge in [-0.05, 0) is 54.6 Å². The highest BCUT2D eigenvalue weighted by Gasteiger charge is 2.59. The van der Waals surface area contributed by atoms with Crippen molar-refractivity contribution in [2.45, 2.75) is 69.4 Å². The Kier molecular flexibility index (Phi) is 11.0. The molecule has 248 valence electrons. The first-order chi connectivity index (χ1) is 22.0. The predicted octanol–water partition coefficient (Wildman–Crippen LogP) is 5.68. The molecular formula is C32H40N2O9S2Si. The van der Waals surface area contributed by atoms with Crippen LogP contribution in [0.4, 0.5) is 5.69 Å². The van der Waals surface area contributed by atoms with Crippen LogP contribution in [0.5, 0.6) is 0 Å². The molecule has 0 saturated carbocycles. The van der Waals surface area contributed by atoms with Crippen LogP contribution >= 0.6 is 11.8 Å². The zero-order chi connectivity index (χ0) is 34.0. The SMILES string of the molecule is C=CCOC(=O)C1=C(CN2c3cccc4c(CCO[Si](CC)(CC)CC)ccc(c34)S2(=O)=O)SC2C(C(C)C(C)=O)C(=O)N12.O=O. The molecule has 5 rings (SSSR count). The largest absolute Gasteiger partial charge is 0.457 e. The van der Waals surface area contributed by atoms with Crippen molar-refractivity contribution >= 4 is 64.2 Å². The first-order valence-corrected chi connectivity index (χ1v) is 20.2. The summed E-state index contributed by atoms with van der Waals surface area (Å²) in [6, 6.07) is 12.3. The number of β-lactam (4-membered cyclic amide) rings is 1. The molecule has 2 aromatic rings. The Balaban J connectivity index is 0.00000235. The van der Waals surface area contributed by atoms with E-state index in [9.17, 15) is 22.8 Å². The van der Waals surface area contributed by atoms with Crippen molar-refractivity contribution in [3.8, 4) is 0 Å². The van der Waals surface area contributed by atoms with Gasteiger partial charge in [-0.25, -0.2) is 13.2 Å². The van der Waals surface area contributed by atoms with Gasteiger partial charge in [-0.15, -0.1) is 0 Å². The van der Waals surface area contributed by atoms with Gasteiger partial charge in [-0.3, -0.25) is 18.8 Å². The van der Waals surface area contributed by atoms with E-state index >= 15 is 0 Å². The second-order valence-electron chi connectivity index (χ2n) is 11.6. The first-order valence-electron chi connectivity index (χ1n) is 15.4. The van der Waals surface area contributed by atoms with Crippen LogP contribution in [0, 0.1) is 21.8 Å². The second kappa shape index (κ2) is 14.2. The topological polar surface area (TPSA) is 144 Å². The summed E-state index contributed by atoms with van der Waals surface area (Å²) in [6.45, 7) is 13.7. The molecule has 14 heteroatoms. The Labute approximate surface area is 274 Å². The number of anilines is 1. The summed E-state index contributed by atoms with van der Waals surface area (Å²) in [5.41, 5.74) is 1.58. The molecule has 3 atom stereocenters. The van der Waals surface area contributed by atoms with Crippen molar-refractivity contribution in [2.75, 3.05) is 24.1 Å². The third-order valence-electron chi connectivity index (χ3n) is 9.47. The smallest absolute Gasteiger partial charge is 0.356 e. The van der Waals surface area contributed by atoms with Crippen LogP contribution in [0.25, 0.3) is 10.8 Å². The van der Waals surface area contributed by atoms with Crippen molar-refractivity contribution in [1.82, 2.24) is 4.90 Å². The third-order valence-corrected chi connectivity index (χ3v) is 17.3. The lowest BCUT2D eigenvalue weighted by Gasteiger charge is -2.44. The zero-order valence-corrected chi connectivity index (χ0v) is 29.4. The molecule has 3 unspecified atom stereocenters. The number of fused-ring (bicyclic) bond motifs is 1. The van der Waals surface area contributed by atoms with E-state index in [2.05, 4.69) is 27.4 Å². The van der Waals surface area contributed by atoms with Crippen LogP contribution in [-0.2, 0) is 40.0 Å². The van der Waals surface area contributed by atoms with Crippen LogP contribution in [0.15, 0.2) is 58.5 Å². The maximum Gasteiger partial charge on any atom is 0.356 e. The highest BCUT2D eigenvalue weighted by atomic mass is 32.2. The van der Waals surface area contributed by atoms with Gasteiger partial charge in [0.2, 0.25) is 5.91 Å². The Bertz CT molecular complexity index is 1680. The van der Waals surface area contributed by atoms with Crippen molar-refractivity contribution in [2.24, 2.45) is 11.8 Å². The van der Waals surface area contributed by atoms with Crippen molar-refractivity contribution in [1.29, 1.82) is 0 Å². The van der Waals surface area contributed by atoms with Gasteiger partial charge in [0.05, 0.1) is 28.4 Å². The van der Waals surface area contributed by atoms with E-state index in [0.29, 0.717) is 29.0 Å². The Morgan fingerprint density at radius 1 is 1.11 bits per heavy atom. The fraction of sp³-hybridized carbons (Fsp3) is 0.469. The lowest BCUT2D eigenvalue weighted by Crippen LogP contribution is -2.60. The summed E-state index contributed by atoms with van der Waals surface area (Å²) >= 11 is 1.25. The predicted molar refractivity (Wildman–Crippen MR) is 182 cm³/mol. The molecule has 1 amide bonds. The average Bonchev–Trinajstić information content (AvgIpc) is 3.50. The molecule has 0 radical (unpaired) electrons. The number of nitrogens with zero attached hydrogens (tertiary/aromatic N) is 2. The van der Waals surface area contributed by atoms with Crippen LogP contribution in [-0.4, -0.2) is 64.4 Å². The summed E-state index contributed by atoms with van der Waals surface area (Å²) in [6.07, 6.45) is 2.10. The molecule has 3 aliphatic heterocycles. The van der Waals surface area contributed by atoms with E-state index in [1.165, 1.54) is 34.0 Å². The number of ether oxygens (including phenoxy) is 1. The molecule has 1 fully saturated rings. The number of benzene rings is 2. The van der Waals surface area contributed by atoms with E-state index in [1.54, 1.807) is 19.1 Å².